The quantitative estimate of drug-likeness (QED) is 0.532. The first-order chi connectivity index (χ1) is 8.02. The molecule has 1 aliphatic rings. The number of ether oxygens (including phenoxy) is 1. The molecule has 0 saturated carbocycles. The van der Waals surface area contributed by atoms with Crippen LogP contribution in [0.2, 0.25) is 0 Å². The maximum absolute atomic E-state index is 11.0. The van der Waals surface area contributed by atoms with Gasteiger partial charge in [-0.1, -0.05) is 25.5 Å². The van der Waals surface area contributed by atoms with Gasteiger partial charge in [-0.3, -0.25) is 4.79 Å². The summed E-state index contributed by atoms with van der Waals surface area (Å²) in [6.07, 6.45) is 8.13. The zero-order valence-corrected chi connectivity index (χ0v) is 11.7. The fraction of sp³-hybridized carbons (Fsp3) is 0.800. The molecule has 0 spiro atoms. The SMILES string of the molecule is CCC(CC(C)C1CC=C(C)CC1)OC(C)=O. The summed E-state index contributed by atoms with van der Waals surface area (Å²) in [5.41, 5.74) is 1.53. The van der Waals surface area contributed by atoms with E-state index in [1.807, 2.05) is 0 Å². The minimum absolute atomic E-state index is 0.106. The van der Waals surface area contributed by atoms with Gasteiger partial charge in [0, 0.05) is 6.92 Å². The van der Waals surface area contributed by atoms with Crippen molar-refractivity contribution in [2.75, 3.05) is 0 Å². The molecule has 0 saturated heterocycles. The maximum atomic E-state index is 11.0. The minimum atomic E-state index is -0.150. The Morgan fingerprint density at radius 1 is 1.59 bits per heavy atom. The van der Waals surface area contributed by atoms with Gasteiger partial charge in [-0.2, -0.15) is 0 Å². The molecule has 0 aromatic heterocycles. The third kappa shape index (κ3) is 4.93. The van der Waals surface area contributed by atoms with Crippen molar-refractivity contribution in [3.63, 3.8) is 0 Å². The van der Waals surface area contributed by atoms with Gasteiger partial charge < -0.3 is 4.74 Å². The summed E-state index contributed by atoms with van der Waals surface area (Å²) >= 11 is 0. The Morgan fingerprint density at radius 3 is 2.76 bits per heavy atom. The third-order valence-electron chi connectivity index (χ3n) is 3.91. The van der Waals surface area contributed by atoms with Crippen LogP contribution in [0, 0.1) is 11.8 Å². The molecule has 98 valence electrons. The molecule has 0 bridgehead atoms. The molecular formula is C15H26O2. The molecule has 1 rings (SSSR count). The predicted molar refractivity (Wildman–Crippen MR) is 70.7 cm³/mol. The Balaban J connectivity index is 2.41. The van der Waals surface area contributed by atoms with E-state index in [1.165, 1.54) is 31.8 Å². The van der Waals surface area contributed by atoms with Crippen molar-refractivity contribution in [2.45, 2.75) is 65.9 Å². The molecule has 0 radical (unpaired) electrons. The lowest BCUT2D eigenvalue weighted by atomic mass is 9.79. The Morgan fingerprint density at radius 2 is 2.29 bits per heavy atom. The summed E-state index contributed by atoms with van der Waals surface area (Å²) in [5, 5.41) is 0. The highest BCUT2D eigenvalue weighted by atomic mass is 16.5. The first kappa shape index (κ1) is 14.3. The van der Waals surface area contributed by atoms with Crippen LogP contribution >= 0.6 is 0 Å². The zero-order chi connectivity index (χ0) is 12.8. The number of carbonyl (C=O) groups is 1. The molecule has 2 heteroatoms. The fourth-order valence-corrected chi connectivity index (χ4v) is 2.64. The van der Waals surface area contributed by atoms with Crippen molar-refractivity contribution in [2.24, 2.45) is 11.8 Å². The summed E-state index contributed by atoms with van der Waals surface area (Å²) in [6.45, 7) is 8.10. The van der Waals surface area contributed by atoms with Gasteiger partial charge in [0.1, 0.15) is 6.10 Å². The van der Waals surface area contributed by atoms with Gasteiger partial charge in [-0.15, -0.1) is 0 Å². The van der Waals surface area contributed by atoms with E-state index < -0.39 is 0 Å². The average molecular weight is 238 g/mol. The normalized spacial score (nSPS) is 23.8. The van der Waals surface area contributed by atoms with Crippen molar-refractivity contribution in [3.05, 3.63) is 11.6 Å². The van der Waals surface area contributed by atoms with Crippen molar-refractivity contribution in [3.8, 4) is 0 Å². The van der Waals surface area contributed by atoms with Crippen LogP contribution in [0.3, 0.4) is 0 Å². The van der Waals surface area contributed by atoms with Crippen molar-refractivity contribution < 1.29 is 9.53 Å². The Labute approximate surface area is 105 Å². The molecule has 2 nitrogen and oxygen atoms in total. The van der Waals surface area contributed by atoms with E-state index >= 15 is 0 Å². The van der Waals surface area contributed by atoms with E-state index in [1.54, 1.807) is 0 Å². The number of allylic oxidation sites excluding steroid dienone is 2. The van der Waals surface area contributed by atoms with Crippen LogP contribution in [-0.4, -0.2) is 12.1 Å². The van der Waals surface area contributed by atoms with E-state index in [4.69, 9.17) is 4.74 Å². The second kappa shape index (κ2) is 6.83. The van der Waals surface area contributed by atoms with Crippen LogP contribution in [0.15, 0.2) is 11.6 Å². The number of hydrogen-bond acceptors (Lipinski definition) is 2. The third-order valence-corrected chi connectivity index (χ3v) is 3.91. The highest BCUT2D eigenvalue weighted by Crippen LogP contribution is 2.32. The van der Waals surface area contributed by atoms with Gasteiger partial charge in [-0.05, 0) is 50.9 Å². The molecule has 0 amide bonds. The Hall–Kier alpha value is -0.790. The summed E-state index contributed by atoms with van der Waals surface area (Å²) in [7, 11) is 0. The second-order valence-electron chi connectivity index (χ2n) is 5.44. The summed E-state index contributed by atoms with van der Waals surface area (Å²) < 4.78 is 5.33. The number of hydrogen-bond donors (Lipinski definition) is 0. The Bertz CT molecular complexity index is 281. The molecular weight excluding hydrogens is 212 g/mol. The van der Waals surface area contributed by atoms with E-state index in [0.717, 1.165) is 18.8 Å². The van der Waals surface area contributed by atoms with Crippen LogP contribution in [0.1, 0.15) is 59.8 Å². The van der Waals surface area contributed by atoms with Crippen molar-refractivity contribution in [1.29, 1.82) is 0 Å². The van der Waals surface area contributed by atoms with Crippen molar-refractivity contribution >= 4 is 5.97 Å². The molecule has 0 heterocycles. The van der Waals surface area contributed by atoms with E-state index in [9.17, 15) is 4.79 Å². The Kier molecular flexibility index (Phi) is 5.73. The lowest BCUT2D eigenvalue weighted by Crippen LogP contribution is -2.23. The summed E-state index contributed by atoms with van der Waals surface area (Å²) in [5.74, 6) is 1.26. The number of rotatable bonds is 5. The highest BCUT2D eigenvalue weighted by molar-refractivity contribution is 5.66. The minimum Gasteiger partial charge on any atom is -0.463 e. The number of carbonyl (C=O) groups excluding carboxylic acids is 1. The largest absolute Gasteiger partial charge is 0.463 e. The smallest absolute Gasteiger partial charge is 0.302 e. The molecule has 3 unspecified atom stereocenters. The van der Waals surface area contributed by atoms with Gasteiger partial charge in [0.2, 0.25) is 0 Å². The van der Waals surface area contributed by atoms with Gasteiger partial charge in [0.25, 0.3) is 0 Å². The molecule has 3 atom stereocenters. The lowest BCUT2D eigenvalue weighted by molar-refractivity contribution is -0.147. The van der Waals surface area contributed by atoms with E-state index in [2.05, 4.69) is 26.8 Å². The van der Waals surface area contributed by atoms with Gasteiger partial charge in [0.05, 0.1) is 0 Å². The first-order valence-corrected chi connectivity index (χ1v) is 6.85. The van der Waals surface area contributed by atoms with Crippen molar-refractivity contribution in [1.82, 2.24) is 0 Å². The molecule has 17 heavy (non-hydrogen) atoms. The first-order valence-electron chi connectivity index (χ1n) is 6.85. The molecule has 0 aromatic rings. The van der Waals surface area contributed by atoms with Crippen LogP contribution in [0.4, 0.5) is 0 Å². The molecule has 0 aromatic carbocycles. The van der Waals surface area contributed by atoms with Crippen LogP contribution in [0.25, 0.3) is 0 Å². The van der Waals surface area contributed by atoms with Crippen LogP contribution in [-0.2, 0) is 9.53 Å². The maximum Gasteiger partial charge on any atom is 0.302 e. The lowest BCUT2D eigenvalue weighted by Gasteiger charge is -2.29. The van der Waals surface area contributed by atoms with Gasteiger partial charge in [-0.25, -0.2) is 0 Å². The topological polar surface area (TPSA) is 26.3 Å². The van der Waals surface area contributed by atoms with Gasteiger partial charge >= 0.3 is 5.97 Å². The standard InChI is InChI=1S/C15H26O2/c1-5-15(17-13(4)16)10-12(3)14-8-6-11(2)7-9-14/h6,12,14-15H,5,7-10H2,1-4H3. The number of esters is 1. The highest BCUT2D eigenvalue weighted by Gasteiger charge is 2.23. The zero-order valence-electron chi connectivity index (χ0n) is 11.7. The monoisotopic (exact) mass is 238 g/mol. The molecule has 0 N–H and O–H groups in total. The predicted octanol–water partition coefficient (Wildman–Crippen LogP) is 4.10. The molecule has 0 aliphatic heterocycles. The fourth-order valence-electron chi connectivity index (χ4n) is 2.64. The van der Waals surface area contributed by atoms with E-state index in [-0.39, 0.29) is 12.1 Å². The summed E-state index contributed by atoms with van der Waals surface area (Å²) in [4.78, 5) is 11.0. The average Bonchev–Trinajstić information content (AvgIpc) is 2.28. The van der Waals surface area contributed by atoms with Crippen LogP contribution in [0.5, 0.6) is 0 Å². The second-order valence-corrected chi connectivity index (χ2v) is 5.44. The summed E-state index contributed by atoms with van der Waals surface area (Å²) in [6, 6.07) is 0. The van der Waals surface area contributed by atoms with E-state index in [0.29, 0.717) is 5.92 Å². The van der Waals surface area contributed by atoms with Gasteiger partial charge in [0.15, 0.2) is 0 Å². The molecule has 0 fully saturated rings. The van der Waals surface area contributed by atoms with Crippen LogP contribution < -0.4 is 0 Å². The molecule has 1 aliphatic carbocycles.